The van der Waals surface area contributed by atoms with Gasteiger partial charge in [-0.25, -0.2) is 8.78 Å². The van der Waals surface area contributed by atoms with Crippen LogP contribution in [-0.4, -0.2) is 47.5 Å². The monoisotopic (exact) mass is 567 g/mol. The van der Waals surface area contributed by atoms with Crippen LogP contribution in [0.5, 0.6) is 11.5 Å². The van der Waals surface area contributed by atoms with Crippen LogP contribution < -0.4 is 25.2 Å². The number of rotatable bonds is 7. The van der Waals surface area contributed by atoms with Crippen molar-refractivity contribution in [2.45, 2.75) is 24.9 Å². The van der Waals surface area contributed by atoms with Crippen LogP contribution >= 0.6 is 0 Å². The lowest BCUT2D eigenvalue weighted by Crippen LogP contribution is -2.44. The number of nitrogens with one attached hydrogen (secondary N) is 1. The number of aromatic nitrogens is 1. The predicted octanol–water partition coefficient (Wildman–Crippen LogP) is 2.99. The van der Waals surface area contributed by atoms with E-state index in [2.05, 4.69) is 10.1 Å². The minimum absolute atomic E-state index is 0.129. The molecule has 1 fully saturated rings. The third-order valence-corrected chi connectivity index (χ3v) is 6.45. The summed E-state index contributed by atoms with van der Waals surface area (Å²) < 4.78 is 77.3. The molecule has 0 saturated carbocycles. The third-order valence-electron chi connectivity index (χ3n) is 6.45. The number of carbonyl (C=O) groups is 2. The number of pyridine rings is 1. The molecular weight excluding hydrogens is 545 g/mol. The van der Waals surface area contributed by atoms with Crippen LogP contribution in [0.15, 0.2) is 53.3 Å². The van der Waals surface area contributed by atoms with Crippen LogP contribution in [0.25, 0.3) is 0 Å². The Morgan fingerprint density at radius 1 is 1.05 bits per heavy atom. The predicted molar refractivity (Wildman–Crippen MR) is 130 cm³/mol. The van der Waals surface area contributed by atoms with Gasteiger partial charge in [0, 0.05) is 48.5 Å². The summed E-state index contributed by atoms with van der Waals surface area (Å²) in [5, 5.41) is 11.8. The second-order valence-corrected chi connectivity index (χ2v) is 8.82. The number of methoxy groups -OCH3 is 1. The first kappa shape index (κ1) is 28.5. The molecule has 40 heavy (non-hydrogen) atoms. The number of aliphatic hydroxyl groups is 1. The van der Waals surface area contributed by atoms with E-state index in [9.17, 15) is 32.7 Å². The number of aliphatic hydroxyl groups excluding tert-OH is 1. The van der Waals surface area contributed by atoms with Crippen molar-refractivity contribution in [2.24, 2.45) is 7.05 Å². The van der Waals surface area contributed by atoms with Crippen molar-refractivity contribution in [3.63, 3.8) is 0 Å². The molecular formula is C26H22F5N3O6. The van der Waals surface area contributed by atoms with Gasteiger partial charge in [0.25, 0.3) is 11.5 Å². The van der Waals surface area contributed by atoms with Gasteiger partial charge in [-0.05, 0) is 36.4 Å². The average molecular weight is 567 g/mol. The van der Waals surface area contributed by atoms with E-state index in [0.29, 0.717) is 0 Å². The molecule has 1 saturated heterocycles. The van der Waals surface area contributed by atoms with Gasteiger partial charge in [0.05, 0.1) is 13.7 Å². The quantitative estimate of drug-likeness (QED) is 0.425. The fraction of sp³-hybridized carbons (Fsp3) is 0.269. The Hall–Kier alpha value is -4.46. The SMILES string of the molecule is COc1cc(F)c([C@@H]2CN(c3ccc(CO)n(C)c3=O)C(=O)[C@H]2NC(=O)c2ccc(OC(F)(F)F)cc2)c(F)c1. The van der Waals surface area contributed by atoms with Crippen LogP contribution in [0, 0.1) is 11.6 Å². The highest BCUT2D eigenvalue weighted by Gasteiger charge is 2.46. The molecule has 0 unspecified atom stereocenters. The molecule has 0 aliphatic carbocycles. The second-order valence-electron chi connectivity index (χ2n) is 8.82. The number of anilines is 1. The van der Waals surface area contributed by atoms with Gasteiger partial charge in [-0.15, -0.1) is 13.2 Å². The topological polar surface area (TPSA) is 110 Å². The van der Waals surface area contributed by atoms with E-state index in [1.54, 1.807) is 0 Å². The van der Waals surface area contributed by atoms with Gasteiger partial charge in [-0.2, -0.15) is 0 Å². The van der Waals surface area contributed by atoms with Crippen LogP contribution in [0.3, 0.4) is 0 Å². The lowest BCUT2D eigenvalue weighted by molar-refractivity contribution is -0.274. The molecule has 14 heteroatoms. The van der Waals surface area contributed by atoms with Crippen molar-refractivity contribution < 1.29 is 46.1 Å². The molecule has 1 aromatic heterocycles. The Bertz CT molecular complexity index is 1480. The number of hydrogen-bond donors (Lipinski definition) is 2. The van der Waals surface area contributed by atoms with E-state index in [-0.39, 0.29) is 22.7 Å². The van der Waals surface area contributed by atoms with Gasteiger partial charge in [-0.1, -0.05) is 0 Å². The number of carbonyl (C=O) groups excluding carboxylic acids is 2. The molecule has 2 heterocycles. The molecule has 4 rings (SSSR count). The maximum Gasteiger partial charge on any atom is 0.573 e. The summed E-state index contributed by atoms with van der Waals surface area (Å²) in [6.07, 6.45) is -4.95. The number of alkyl halides is 3. The zero-order valence-electron chi connectivity index (χ0n) is 21.0. The van der Waals surface area contributed by atoms with E-state index in [4.69, 9.17) is 4.74 Å². The van der Waals surface area contributed by atoms with Crippen molar-refractivity contribution in [3.05, 3.63) is 87.3 Å². The summed E-state index contributed by atoms with van der Waals surface area (Å²) in [7, 11) is 2.57. The van der Waals surface area contributed by atoms with Crippen molar-refractivity contribution in [1.82, 2.24) is 9.88 Å². The summed E-state index contributed by atoms with van der Waals surface area (Å²) >= 11 is 0. The Labute approximate surface area is 223 Å². The summed E-state index contributed by atoms with van der Waals surface area (Å²) in [6.45, 7) is -0.869. The summed E-state index contributed by atoms with van der Waals surface area (Å²) in [5.41, 5.74) is -1.30. The largest absolute Gasteiger partial charge is 0.573 e. The van der Waals surface area contributed by atoms with Gasteiger partial charge in [0.2, 0.25) is 5.91 Å². The maximum atomic E-state index is 15.1. The average Bonchev–Trinajstić information content (AvgIpc) is 3.19. The molecule has 2 N–H and O–H groups in total. The van der Waals surface area contributed by atoms with E-state index < -0.39 is 71.8 Å². The van der Waals surface area contributed by atoms with Gasteiger partial charge in [0.1, 0.15) is 34.9 Å². The Balaban J connectivity index is 1.72. The molecule has 2 aromatic carbocycles. The number of hydrogen-bond acceptors (Lipinski definition) is 6. The standard InChI is InChI=1S/C26H22F5N3O6/c1-33-14(12-35)5-8-20(24(33)37)34-11-17(21-18(27)9-16(39-2)10-19(21)28)22(25(34)38)32-23(36)13-3-6-15(7-4-13)40-26(29,30)31/h3-10,17,22,35H,11-12H2,1-2H3,(H,32,36)/t17-,22-/m0/s1. The van der Waals surface area contributed by atoms with Crippen molar-refractivity contribution in [1.29, 1.82) is 0 Å². The molecule has 2 amide bonds. The summed E-state index contributed by atoms with van der Waals surface area (Å²) in [5.74, 6) is -5.96. The van der Waals surface area contributed by atoms with Gasteiger partial charge >= 0.3 is 6.36 Å². The first-order valence-corrected chi connectivity index (χ1v) is 11.6. The summed E-state index contributed by atoms with van der Waals surface area (Å²) in [6, 6.07) is 6.70. The highest BCUT2D eigenvalue weighted by atomic mass is 19.4. The van der Waals surface area contributed by atoms with Crippen LogP contribution in [0.2, 0.25) is 0 Å². The van der Waals surface area contributed by atoms with Gasteiger partial charge in [-0.3, -0.25) is 14.4 Å². The number of benzene rings is 2. The first-order chi connectivity index (χ1) is 18.8. The van der Waals surface area contributed by atoms with E-state index in [0.717, 1.165) is 45.9 Å². The number of nitrogens with zero attached hydrogens (tertiary/aromatic N) is 2. The molecule has 0 bridgehead atoms. The molecule has 1 aliphatic rings. The zero-order chi connectivity index (χ0) is 29.4. The number of halogens is 5. The van der Waals surface area contributed by atoms with E-state index >= 15 is 8.78 Å². The molecule has 212 valence electrons. The molecule has 0 radical (unpaired) electrons. The third kappa shape index (κ3) is 5.61. The van der Waals surface area contributed by atoms with Crippen LogP contribution in [0.1, 0.15) is 27.5 Å². The normalized spacial score (nSPS) is 17.2. The fourth-order valence-corrected chi connectivity index (χ4v) is 4.46. The Kier molecular flexibility index (Phi) is 7.82. The Morgan fingerprint density at radius 3 is 2.23 bits per heavy atom. The highest BCUT2D eigenvalue weighted by Crippen LogP contribution is 2.36. The number of amides is 2. The van der Waals surface area contributed by atoms with Crippen LogP contribution in [0.4, 0.5) is 27.6 Å². The minimum Gasteiger partial charge on any atom is -0.497 e. The minimum atomic E-state index is -4.95. The van der Waals surface area contributed by atoms with Crippen molar-refractivity contribution in [2.75, 3.05) is 18.6 Å². The smallest absolute Gasteiger partial charge is 0.497 e. The molecule has 9 nitrogen and oxygen atoms in total. The van der Waals surface area contributed by atoms with Crippen molar-refractivity contribution in [3.8, 4) is 11.5 Å². The van der Waals surface area contributed by atoms with Gasteiger partial charge in [0.15, 0.2) is 0 Å². The molecule has 1 aliphatic heterocycles. The van der Waals surface area contributed by atoms with Crippen LogP contribution in [-0.2, 0) is 18.4 Å². The Morgan fingerprint density at radius 2 is 1.68 bits per heavy atom. The zero-order valence-corrected chi connectivity index (χ0v) is 21.0. The molecule has 3 aromatic rings. The first-order valence-electron chi connectivity index (χ1n) is 11.6. The lowest BCUT2D eigenvalue weighted by Gasteiger charge is -2.20. The second kappa shape index (κ2) is 11.0. The summed E-state index contributed by atoms with van der Waals surface area (Å²) in [4.78, 5) is 40.4. The fourth-order valence-electron chi connectivity index (χ4n) is 4.46. The highest BCUT2D eigenvalue weighted by molar-refractivity contribution is 6.05. The maximum absolute atomic E-state index is 15.1. The van der Waals surface area contributed by atoms with Crippen molar-refractivity contribution >= 4 is 17.5 Å². The molecule has 0 spiro atoms. The van der Waals surface area contributed by atoms with Gasteiger partial charge < -0.3 is 29.4 Å². The lowest BCUT2D eigenvalue weighted by atomic mass is 9.92. The number of ether oxygens (including phenoxy) is 2. The van der Waals surface area contributed by atoms with E-state index in [1.165, 1.54) is 26.3 Å². The van der Waals surface area contributed by atoms with E-state index in [1.807, 2.05) is 0 Å². The molecule has 2 atom stereocenters.